The third-order valence-corrected chi connectivity index (χ3v) is 23.0. The Bertz CT molecular complexity index is 1480. The van der Waals surface area contributed by atoms with E-state index in [1.54, 1.807) is 0 Å². The van der Waals surface area contributed by atoms with Gasteiger partial charge in [-0.15, -0.1) is 0 Å². The molecule has 0 aromatic carbocycles. The predicted octanol–water partition coefficient (Wildman–Crippen LogP) is 33.0. The zero-order valence-corrected chi connectivity index (χ0v) is 67.4. The molecule has 0 aliphatic heterocycles. The maximum absolute atomic E-state index is 16.4. The molecule has 96 heavy (non-hydrogen) atoms. The fraction of sp³-hybridized carbons (Fsp3) is 0.967. The van der Waals surface area contributed by atoms with Gasteiger partial charge in [-0.1, -0.05) is 504 Å². The zero-order chi connectivity index (χ0) is 69.7. The molecular formula is C92H180O4. The van der Waals surface area contributed by atoms with Crippen molar-refractivity contribution >= 4 is 17.5 Å². The van der Waals surface area contributed by atoms with E-state index < -0.39 is 10.8 Å². The van der Waals surface area contributed by atoms with Crippen LogP contribution in [0.15, 0.2) is 0 Å². The topological polar surface area (TPSA) is 60.4 Å². The Labute approximate surface area is 606 Å². The molecule has 2 unspecified atom stereocenters. The lowest BCUT2D eigenvalue weighted by atomic mass is 9.52. The van der Waals surface area contributed by atoms with E-state index in [9.17, 15) is 0 Å². The lowest BCUT2D eigenvalue weighted by Crippen LogP contribution is -2.58. The smallest absolute Gasteiger partial charge is 0.320 e. The Morgan fingerprint density at radius 2 is 0.354 bits per heavy atom. The van der Waals surface area contributed by atoms with Gasteiger partial charge >= 0.3 is 5.97 Å². The lowest BCUT2D eigenvalue weighted by Gasteiger charge is -2.48. The highest BCUT2D eigenvalue weighted by Gasteiger charge is 2.63. The van der Waals surface area contributed by atoms with Crippen molar-refractivity contribution in [2.75, 3.05) is 6.61 Å². The number of ether oxygens (including phenoxy) is 1. The van der Waals surface area contributed by atoms with E-state index in [0.29, 0.717) is 38.7 Å². The van der Waals surface area contributed by atoms with Crippen LogP contribution in [0.25, 0.3) is 0 Å². The van der Waals surface area contributed by atoms with Gasteiger partial charge in [0, 0.05) is 12.8 Å². The van der Waals surface area contributed by atoms with E-state index in [1.165, 1.54) is 392 Å². The average Bonchev–Trinajstić information content (AvgIpc) is 0.734. The molecule has 0 aliphatic carbocycles. The number of unbranched alkanes of at least 4 members (excludes halogenated alkanes) is 69. The second-order valence-corrected chi connectivity index (χ2v) is 32.1. The van der Waals surface area contributed by atoms with Gasteiger partial charge in [0.25, 0.3) is 0 Å². The number of rotatable bonds is 85. The highest BCUT2D eigenvalue weighted by atomic mass is 16.5. The summed E-state index contributed by atoms with van der Waals surface area (Å²) in [5.74, 6) is 0.0793. The molecule has 0 rings (SSSR count). The molecule has 0 saturated heterocycles. The summed E-state index contributed by atoms with van der Waals surface area (Å²) in [5, 5.41) is 0. The predicted molar refractivity (Wildman–Crippen MR) is 429 cm³/mol. The molecular weight excluding hydrogens is 1170 g/mol. The number of carbonyl (C=O) groups is 3. The molecule has 4 nitrogen and oxygen atoms in total. The maximum atomic E-state index is 16.4. The molecule has 0 aromatic rings. The third-order valence-electron chi connectivity index (χ3n) is 23.0. The van der Waals surface area contributed by atoms with Gasteiger partial charge in [-0.25, -0.2) is 0 Å². The molecule has 0 fully saturated rings. The van der Waals surface area contributed by atoms with Crippen molar-refractivity contribution in [1.29, 1.82) is 0 Å². The fourth-order valence-corrected chi connectivity index (χ4v) is 16.4. The summed E-state index contributed by atoms with van der Waals surface area (Å²) in [4.78, 5) is 48.9. The Balaban J connectivity index is 6.99. The Morgan fingerprint density at radius 3 is 0.573 bits per heavy atom. The van der Waals surface area contributed by atoms with Gasteiger partial charge in [0.15, 0.2) is 5.78 Å². The van der Waals surface area contributed by atoms with E-state index in [1.807, 2.05) is 0 Å². The number of ketones is 2. The van der Waals surface area contributed by atoms with Crippen LogP contribution in [0.3, 0.4) is 0 Å². The van der Waals surface area contributed by atoms with Crippen LogP contribution in [0.5, 0.6) is 0 Å². The van der Waals surface area contributed by atoms with Crippen molar-refractivity contribution < 1.29 is 19.1 Å². The van der Waals surface area contributed by atoms with Gasteiger partial charge in [0.2, 0.25) is 0 Å². The number of Topliss-reactive ketones (excluding diaryl/α,β-unsaturated/α-hetero) is 2. The molecule has 0 bridgehead atoms. The molecule has 572 valence electrons. The van der Waals surface area contributed by atoms with Gasteiger partial charge in [-0.2, -0.15) is 0 Å². The number of carbonyl (C=O) groups excluding carboxylic acids is 3. The monoisotopic (exact) mass is 1350 g/mol. The van der Waals surface area contributed by atoms with E-state index >= 15 is 14.4 Å². The van der Waals surface area contributed by atoms with Crippen LogP contribution in [0.4, 0.5) is 0 Å². The van der Waals surface area contributed by atoms with E-state index in [4.69, 9.17) is 4.74 Å². The summed E-state index contributed by atoms with van der Waals surface area (Å²) in [6, 6.07) is 0. The minimum atomic E-state index is -1.41. The van der Waals surface area contributed by atoms with Crippen molar-refractivity contribution in [3.63, 3.8) is 0 Å². The molecule has 0 aromatic heterocycles. The van der Waals surface area contributed by atoms with Gasteiger partial charge in [0.1, 0.15) is 11.2 Å². The van der Waals surface area contributed by atoms with Crippen LogP contribution >= 0.6 is 0 Å². The van der Waals surface area contributed by atoms with Crippen LogP contribution in [0, 0.1) is 10.8 Å². The highest BCUT2D eigenvalue weighted by molar-refractivity contribution is 6.09. The van der Waals surface area contributed by atoms with Crippen LogP contribution in [0.2, 0.25) is 0 Å². The van der Waals surface area contributed by atoms with Crippen LogP contribution in [0.1, 0.15) is 555 Å². The highest BCUT2D eigenvalue weighted by Crippen LogP contribution is 2.55. The minimum Gasteiger partial charge on any atom is -0.465 e. The standard InChI is InChI=1S/C92H180O4/c1-7-13-19-25-31-36-41-44-47-49-50-52-56-60-65-71-77-83-89(94)92(86-80-74-68-62-57-53-46-43-38-33-27-21-15-9-3,90(95)96-87-81-75-69-63-58-54-51-48-45-42-37-32-26-20-14-8-2)91(84-78-72-66-30-24-18-12-6,85-79-73-67-61-40-35-29-23-17-11-5)88(93)82-76-70-64-59-55-39-34-28-22-16-10-4/h7-87H2,1-6H3. The third kappa shape index (κ3) is 57.3. The van der Waals surface area contributed by atoms with Crippen LogP contribution in [-0.4, -0.2) is 24.1 Å². The van der Waals surface area contributed by atoms with E-state index in [2.05, 4.69) is 41.5 Å². The first-order valence-corrected chi connectivity index (χ1v) is 45.6. The number of hydrogen-bond donors (Lipinski definition) is 0. The van der Waals surface area contributed by atoms with Crippen molar-refractivity contribution in [3.05, 3.63) is 0 Å². The quantitative estimate of drug-likeness (QED) is 0.0346. The summed E-state index contributed by atoms with van der Waals surface area (Å²) < 4.78 is 6.78. The Hall–Kier alpha value is -1.19. The molecule has 0 saturated carbocycles. The summed E-state index contributed by atoms with van der Waals surface area (Å²) in [5.41, 5.74) is -2.42. The minimum absolute atomic E-state index is 0.0949. The maximum Gasteiger partial charge on any atom is 0.320 e. The Morgan fingerprint density at radius 1 is 0.188 bits per heavy atom. The SMILES string of the molecule is CCCCCCCCCCCCCCCCCCCC(=O)C(CCCCCCCCCCCCCCCC)(C(=O)OCCCCCCCCCCCCCCCCCC)C(CCCCCCCCC)(CCCCCCCCCCCC)C(=O)CCCCCCCCCCCCC. The van der Waals surface area contributed by atoms with E-state index in [0.717, 1.165) is 89.9 Å². The summed E-state index contributed by atoms with van der Waals surface area (Å²) in [7, 11) is 0. The van der Waals surface area contributed by atoms with Crippen molar-refractivity contribution in [2.45, 2.75) is 555 Å². The first-order chi connectivity index (χ1) is 47.4. The van der Waals surface area contributed by atoms with Crippen LogP contribution < -0.4 is 0 Å². The molecule has 0 spiro atoms. The Kier molecular flexibility index (Phi) is 77.0. The zero-order valence-electron chi connectivity index (χ0n) is 67.4. The summed E-state index contributed by atoms with van der Waals surface area (Å²) >= 11 is 0. The molecule has 0 N–H and O–H groups in total. The lowest BCUT2D eigenvalue weighted by molar-refractivity contribution is -0.178. The number of esters is 1. The second kappa shape index (κ2) is 78.0. The van der Waals surface area contributed by atoms with Crippen molar-refractivity contribution in [1.82, 2.24) is 0 Å². The first-order valence-electron chi connectivity index (χ1n) is 45.6. The first kappa shape index (κ1) is 94.8. The normalized spacial score (nSPS) is 13.0. The molecule has 0 radical (unpaired) electrons. The largest absolute Gasteiger partial charge is 0.465 e. The molecule has 4 heteroatoms. The van der Waals surface area contributed by atoms with Gasteiger partial charge in [0.05, 0.1) is 12.0 Å². The molecule has 0 heterocycles. The van der Waals surface area contributed by atoms with Crippen LogP contribution in [-0.2, 0) is 19.1 Å². The van der Waals surface area contributed by atoms with Gasteiger partial charge in [-0.05, 0) is 38.5 Å². The molecule has 0 amide bonds. The van der Waals surface area contributed by atoms with Gasteiger partial charge < -0.3 is 4.74 Å². The van der Waals surface area contributed by atoms with Gasteiger partial charge in [-0.3, -0.25) is 14.4 Å². The second-order valence-electron chi connectivity index (χ2n) is 32.1. The van der Waals surface area contributed by atoms with Crippen molar-refractivity contribution in [2.24, 2.45) is 10.8 Å². The molecule has 2 atom stereocenters. The number of hydrogen-bond acceptors (Lipinski definition) is 4. The van der Waals surface area contributed by atoms with Crippen molar-refractivity contribution in [3.8, 4) is 0 Å². The summed E-state index contributed by atoms with van der Waals surface area (Å²) in [6.07, 6.45) is 97.9. The van der Waals surface area contributed by atoms with E-state index in [-0.39, 0.29) is 17.5 Å². The fourth-order valence-electron chi connectivity index (χ4n) is 16.4. The average molecular weight is 1350 g/mol. The summed E-state index contributed by atoms with van der Waals surface area (Å²) in [6.45, 7) is 14.2. The molecule has 0 aliphatic rings.